The lowest BCUT2D eigenvalue weighted by Crippen LogP contribution is -2.00. The third-order valence-electron chi connectivity index (χ3n) is 8.71. The average Bonchev–Trinajstić information content (AvgIpc) is 3.55. The molecule has 0 fully saturated rings. The number of fused-ring (bicyclic) bond motifs is 5. The zero-order valence-electron chi connectivity index (χ0n) is 25.3. The Hall–Kier alpha value is -6.39. The third-order valence-corrected chi connectivity index (χ3v) is 8.71. The summed E-state index contributed by atoms with van der Waals surface area (Å²) in [7, 11) is 0. The molecule has 2 heterocycles. The molecule has 220 valence electrons. The van der Waals surface area contributed by atoms with Crippen molar-refractivity contribution in [3.8, 4) is 56.4 Å². The lowest BCUT2D eigenvalue weighted by atomic mass is 9.95. The van der Waals surface area contributed by atoms with Gasteiger partial charge in [-0.2, -0.15) is 0 Å². The van der Waals surface area contributed by atoms with Crippen molar-refractivity contribution in [2.75, 3.05) is 0 Å². The molecule has 9 aromatic rings. The molecule has 47 heavy (non-hydrogen) atoms. The molecule has 0 aliphatic carbocycles. The largest absolute Gasteiger partial charge is 0.455 e. The minimum Gasteiger partial charge on any atom is -0.455 e. The smallest absolute Gasteiger partial charge is 0.164 e. The van der Waals surface area contributed by atoms with Crippen LogP contribution in [0.5, 0.6) is 0 Å². The van der Waals surface area contributed by atoms with Crippen molar-refractivity contribution in [1.29, 1.82) is 0 Å². The normalized spacial score (nSPS) is 11.4. The predicted octanol–water partition coefficient (Wildman–Crippen LogP) is 11.3. The van der Waals surface area contributed by atoms with Gasteiger partial charge in [-0.3, -0.25) is 0 Å². The average molecular weight is 602 g/mol. The summed E-state index contributed by atoms with van der Waals surface area (Å²) in [5.74, 6) is 1.93. The summed E-state index contributed by atoms with van der Waals surface area (Å²) < 4.78 is 6.47. The van der Waals surface area contributed by atoms with Crippen LogP contribution in [0.1, 0.15) is 0 Å². The van der Waals surface area contributed by atoms with Crippen molar-refractivity contribution in [3.63, 3.8) is 0 Å². The van der Waals surface area contributed by atoms with Crippen LogP contribution >= 0.6 is 0 Å². The summed E-state index contributed by atoms with van der Waals surface area (Å²) in [6.07, 6.45) is 0. The standard InChI is InChI=1S/C43H27N3O/c1-3-13-29(14-4-1)41-44-42(30-15-5-2-6-16-30)46-43(45-41)34-20-10-18-32(27-34)31-17-9-19-33(26-31)35-22-11-23-38-39(35)37-25-24-28-12-7-8-21-36(28)40(37)47-38/h1-27H. The van der Waals surface area contributed by atoms with Crippen molar-refractivity contribution in [2.24, 2.45) is 0 Å². The van der Waals surface area contributed by atoms with Crippen LogP contribution in [0.3, 0.4) is 0 Å². The second-order valence-corrected chi connectivity index (χ2v) is 11.6. The van der Waals surface area contributed by atoms with Crippen LogP contribution < -0.4 is 0 Å². The minimum absolute atomic E-state index is 0.637. The Bertz CT molecular complexity index is 2510. The molecule has 4 heteroatoms. The van der Waals surface area contributed by atoms with E-state index in [0.29, 0.717) is 17.5 Å². The van der Waals surface area contributed by atoms with Crippen molar-refractivity contribution in [2.45, 2.75) is 0 Å². The second-order valence-electron chi connectivity index (χ2n) is 11.6. The molecular formula is C43H27N3O. The number of furan rings is 1. The molecule has 7 aromatic carbocycles. The Morgan fingerprint density at radius 2 is 0.894 bits per heavy atom. The maximum Gasteiger partial charge on any atom is 0.164 e. The molecule has 0 saturated carbocycles. The molecule has 2 aromatic heterocycles. The van der Waals surface area contributed by atoms with Crippen molar-refractivity contribution < 1.29 is 4.42 Å². The Morgan fingerprint density at radius 3 is 1.60 bits per heavy atom. The molecule has 4 nitrogen and oxygen atoms in total. The Kier molecular flexibility index (Phi) is 6.43. The van der Waals surface area contributed by atoms with Crippen LogP contribution in [0.4, 0.5) is 0 Å². The van der Waals surface area contributed by atoms with Crippen LogP contribution in [0.15, 0.2) is 168 Å². The van der Waals surface area contributed by atoms with Crippen LogP contribution in [-0.2, 0) is 0 Å². The Labute approximate surface area is 271 Å². The zero-order valence-corrected chi connectivity index (χ0v) is 25.3. The molecule has 9 rings (SSSR count). The SMILES string of the molecule is c1ccc(-c2nc(-c3ccccc3)nc(-c3cccc(-c4cccc(-c5cccc6oc7c8ccccc8ccc7c56)c4)c3)n2)cc1. The number of hydrogen-bond donors (Lipinski definition) is 0. The first-order valence-electron chi connectivity index (χ1n) is 15.7. The highest BCUT2D eigenvalue weighted by atomic mass is 16.3. The summed E-state index contributed by atoms with van der Waals surface area (Å²) in [5, 5.41) is 4.56. The number of nitrogens with zero attached hydrogens (tertiary/aromatic N) is 3. The third kappa shape index (κ3) is 4.84. The van der Waals surface area contributed by atoms with E-state index < -0.39 is 0 Å². The number of hydrogen-bond acceptors (Lipinski definition) is 4. The van der Waals surface area contributed by atoms with Gasteiger partial charge in [-0.1, -0.05) is 140 Å². The Morgan fingerprint density at radius 1 is 0.362 bits per heavy atom. The number of benzene rings is 7. The molecular weight excluding hydrogens is 574 g/mol. The quantitative estimate of drug-likeness (QED) is 0.197. The van der Waals surface area contributed by atoms with E-state index in [1.54, 1.807) is 0 Å². The summed E-state index contributed by atoms with van der Waals surface area (Å²) in [4.78, 5) is 14.7. The molecule has 0 radical (unpaired) electrons. The van der Waals surface area contributed by atoms with E-state index in [0.717, 1.165) is 66.3 Å². The minimum atomic E-state index is 0.637. The molecule has 0 unspecified atom stereocenters. The highest BCUT2D eigenvalue weighted by Gasteiger charge is 2.16. The van der Waals surface area contributed by atoms with Gasteiger partial charge in [-0.25, -0.2) is 15.0 Å². The van der Waals surface area contributed by atoms with Gasteiger partial charge in [0.1, 0.15) is 11.2 Å². The zero-order chi connectivity index (χ0) is 31.2. The molecule has 0 N–H and O–H groups in total. The molecule has 0 aliphatic heterocycles. The molecule has 0 saturated heterocycles. The van der Waals surface area contributed by atoms with Crippen LogP contribution in [0.25, 0.3) is 89.1 Å². The molecule has 0 atom stereocenters. The van der Waals surface area contributed by atoms with Crippen LogP contribution in [-0.4, -0.2) is 15.0 Å². The topological polar surface area (TPSA) is 51.8 Å². The summed E-state index contributed by atoms with van der Waals surface area (Å²) in [6, 6.07) is 56.3. The Balaban J connectivity index is 1.15. The second kappa shape index (κ2) is 11.2. The van der Waals surface area contributed by atoms with Gasteiger partial charge in [-0.05, 0) is 51.9 Å². The molecule has 0 bridgehead atoms. The van der Waals surface area contributed by atoms with E-state index >= 15 is 0 Å². The monoisotopic (exact) mass is 601 g/mol. The molecule has 0 amide bonds. The predicted molar refractivity (Wildman–Crippen MR) is 192 cm³/mol. The van der Waals surface area contributed by atoms with E-state index in [4.69, 9.17) is 19.4 Å². The van der Waals surface area contributed by atoms with E-state index in [1.807, 2.05) is 60.7 Å². The summed E-state index contributed by atoms with van der Waals surface area (Å²) >= 11 is 0. The van der Waals surface area contributed by atoms with Gasteiger partial charge >= 0.3 is 0 Å². The van der Waals surface area contributed by atoms with Crippen molar-refractivity contribution >= 4 is 32.7 Å². The van der Waals surface area contributed by atoms with Crippen LogP contribution in [0.2, 0.25) is 0 Å². The number of aromatic nitrogens is 3. The highest BCUT2D eigenvalue weighted by molar-refractivity contribution is 6.19. The first-order chi connectivity index (χ1) is 23.3. The van der Waals surface area contributed by atoms with E-state index in [2.05, 4.69) is 103 Å². The fourth-order valence-corrected chi connectivity index (χ4v) is 6.44. The van der Waals surface area contributed by atoms with Gasteiger partial charge < -0.3 is 4.42 Å². The maximum absolute atomic E-state index is 6.47. The van der Waals surface area contributed by atoms with Gasteiger partial charge in [0.2, 0.25) is 0 Å². The van der Waals surface area contributed by atoms with E-state index in [9.17, 15) is 0 Å². The van der Waals surface area contributed by atoms with Gasteiger partial charge in [0.25, 0.3) is 0 Å². The lowest BCUT2D eigenvalue weighted by Gasteiger charge is -2.11. The van der Waals surface area contributed by atoms with Gasteiger partial charge in [0.05, 0.1) is 0 Å². The van der Waals surface area contributed by atoms with Gasteiger partial charge in [0.15, 0.2) is 17.5 Å². The van der Waals surface area contributed by atoms with E-state index in [1.165, 1.54) is 5.39 Å². The maximum atomic E-state index is 6.47. The fourth-order valence-electron chi connectivity index (χ4n) is 6.44. The van der Waals surface area contributed by atoms with Gasteiger partial charge in [0, 0.05) is 32.8 Å². The number of rotatable bonds is 5. The summed E-state index contributed by atoms with van der Waals surface area (Å²) in [5.41, 5.74) is 9.12. The van der Waals surface area contributed by atoms with Crippen LogP contribution in [0, 0.1) is 0 Å². The van der Waals surface area contributed by atoms with Crippen molar-refractivity contribution in [1.82, 2.24) is 15.0 Å². The fraction of sp³-hybridized carbons (Fsp3) is 0. The highest BCUT2D eigenvalue weighted by Crippen LogP contribution is 2.40. The van der Waals surface area contributed by atoms with E-state index in [-0.39, 0.29) is 0 Å². The lowest BCUT2D eigenvalue weighted by molar-refractivity contribution is 0.673. The van der Waals surface area contributed by atoms with Gasteiger partial charge in [-0.15, -0.1) is 0 Å². The first-order valence-corrected chi connectivity index (χ1v) is 15.7. The van der Waals surface area contributed by atoms with Crippen molar-refractivity contribution in [3.05, 3.63) is 164 Å². The molecule has 0 aliphatic rings. The summed E-state index contributed by atoms with van der Waals surface area (Å²) in [6.45, 7) is 0. The molecule has 0 spiro atoms. The first kappa shape index (κ1) is 27.0.